The van der Waals surface area contributed by atoms with Crippen molar-refractivity contribution in [2.24, 2.45) is 0 Å². The Hall–Kier alpha value is -2.26. The Kier molecular flexibility index (Phi) is 7.09. The summed E-state index contributed by atoms with van der Waals surface area (Å²) in [4.78, 5) is 14.2. The van der Waals surface area contributed by atoms with Crippen molar-refractivity contribution < 1.29 is 9.53 Å². The van der Waals surface area contributed by atoms with Gasteiger partial charge in [0.15, 0.2) is 0 Å². The van der Waals surface area contributed by atoms with Crippen molar-refractivity contribution in [3.05, 3.63) is 76.3 Å². The first-order chi connectivity index (χ1) is 12.7. The molecule has 0 N–H and O–H groups in total. The molecular weight excluding hydrogens is 358 g/mol. The summed E-state index contributed by atoms with van der Waals surface area (Å²) < 4.78 is 5.54. The van der Waals surface area contributed by atoms with Crippen molar-refractivity contribution in [2.75, 3.05) is 7.05 Å². The van der Waals surface area contributed by atoms with Crippen molar-refractivity contribution in [3.63, 3.8) is 0 Å². The minimum Gasteiger partial charge on any atom is -0.444 e. The van der Waals surface area contributed by atoms with Gasteiger partial charge in [-0.1, -0.05) is 66.2 Å². The van der Waals surface area contributed by atoms with Crippen molar-refractivity contribution >= 4 is 23.8 Å². The SMILES string of the molecule is Cc1cc(/C=C/C[C@@H](c2ccccc2)N(C)C(=O)OC(C)(C)C)ccc1Cl. The first-order valence-corrected chi connectivity index (χ1v) is 9.48. The maximum Gasteiger partial charge on any atom is 0.410 e. The van der Waals surface area contributed by atoms with Gasteiger partial charge in [0.1, 0.15) is 5.60 Å². The molecule has 2 rings (SSSR count). The topological polar surface area (TPSA) is 29.5 Å². The van der Waals surface area contributed by atoms with E-state index in [4.69, 9.17) is 16.3 Å². The van der Waals surface area contributed by atoms with Crippen LogP contribution in [-0.4, -0.2) is 23.6 Å². The molecule has 0 saturated carbocycles. The monoisotopic (exact) mass is 385 g/mol. The van der Waals surface area contributed by atoms with E-state index in [0.717, 1.165) is 21.7 Å². The van der Waals surface area contributed by atoms with Crippen LogP contribution < -0.4 is 0 Å². The number of amides is 1. The largest absolute Gasteiger partial charge is 0.444 e. The van der Waals surface area contributed by atoms with E-state index in [1.807, 2.05) is 76.2 Å². The summed E-state index contributed by atoms with van der Waals surface area (Å²) in [7, 11) is 1.78. The smallest absolute Gasteiger partial charge is 0.410 e. The average molecular weight is 386 g/mol. The molecular formula is C23H28ClNO2. The molecule has 4 heteroatoms. The lowest BCUT2D eigenvalue weighted by Gasteiger charge is -2.30. The van der Waals surface area contributed by atoms with Gasteiger partial charge in [-0.2, -0.15) is 0 Å². The lowest BCUT2D eigenvalue weighted by molar-refractivity contribution is 0.0221. The highest BCUT2D eigenvalue weighted by atomic mass is 35.5. The quantitative estimate of drug-likeness (QED) is 0.575. The maximum atomic E-state index is 12.6. The summed E-state index contributed by atoms with van der Waals surface area (Å²) in [5, 5.41) is 0.763. The van der Waals surface area contributed by atoms with E-state index < -0.39 is 5.60 Å². The van der Waals surface area contributed by atoms with Crippen molar-refractivity contribution in [2.45, 2.75) is 45.8 Å². The van der Waals surface area contributed by atoms with Crippen LogP contribution in [0.4, 0.5) is 4.79 Å². The van der Waals surface area contributed by atoms with Crippen molar-refractivity contribution in [1.82, 2.24) is 4.90 Å². The van der Waals surface area contributed by atoms with Crippen LogP contribution in [0.5, 0.6) is 0 Å². The van der Waals surface area contributed by atoms with Gasteiger partial charge >= 0.3 is 6.09 Å². The number of benzene rings is 2. The molecule has 0 aromatic heterocycles. The molecule has 0 bridgehead atoms. The fraction of sp³-hybridized carbons (Fsp3) is 0.348. The molecule has 27 heavy (non-hydrogen) atoms. The van der Waals surface area contributed by atoms with Gasteiger partial charge in [0.2, 0.25) is 0 Å². The number of hydrogen-bond acceptors (Lipinski definition) is 2. The fourth-order valence-electron chi connectivity index (χ4n) is 2.76. The van der Waals surface area contributed by atoms with E-state index in [1.54, 1.807) is 11.9 Å². The maximum absolute atomic E-state index is 12.6. The molecule has 1 amide bonds. The lowest BCUT2D eigenvalue weighted by Crippen LogP contribution is -2.36. The van der Waals surface area contributed by atoms with Crippen LogP contribution in [0.15, 0.2) is 54.6 Å². The number of aryl methyl sites for hydroxylation is 1. The van der Waals surface area contributed by atoms with E-state index in [0.29, 0.717) is 6.42 Å². The number of carbonyl (C=O) groups excluding carboxylic acids is 1. The van der Waals surface area contributed by atoms with Crippen LogP contribution >= 0.6 is 11.6 Å². The number of nitrogens with zero attached hydrogens (tertiary/aromatic N) is 1. The zero-order chi connectivity index (χ0) is 20.0. The van der Waals surface area contributed by atoms with Gasteiger partial charge in [-0.3, -0.25) is 0 Å². The predicted octanol–water partition coefficient (Wildman–Crippen LogP) is 6.66. The minimum atomic E-state index is -0.525. The molecule has 2 aromatic rings. The third-order valence-electron chi connectivity index (χ3n) is 4.18. The Morgan fingerprint density at radius 2 is 1.85 bits per heavy atom. The van der Waals surface area contributed by atoms with Gasteiger partial charge in [0.05, 0.1) is 6.04 Å². The Labute approximate surface area is 167 Å². The highest BCUT2D eigenvalue weighted by molar-refractivity contribution is 6.31. The normalized spacial score (nSPS) is 12.8. The lowest BCUT2D eigenvalue weighted by atomic mass is 10.0. The average Bonchev–Trinajstić information content (AvgIpc) is 2.60. The third-order valence-corrected chi connectivity index (χ3v) is 4.61. The second-order valence-corrected chi connectivity index (χ2v) is 8.07. The number of rotatable bonds is 5. The van der Waals surface area contributed by atoms with Crippen LogP contribution in [0.2, 0.25) is 5.02 Å². The first-order valence-electron chi connectivity index (χ1n) is 9.11. The van der Waals surface area contributed by atoms with E-state index >= 15 is 0 Å². The summed E-state index contributed by atoms with van der Waals surface area (Å²) in [6.07, 6.45) is 4.50. The van der Waals surface area contributed by atoms with Gasteiger partial charge in [0.25, 0.3) is 0 Å². The summed E-state index contributed by atoms with van der Waals surface area (Å²) in [5.41, 5.74) is 2.68. The zero-order valence-electron chi connectivity index (χ0n) is 16.7. The molecule has 0 radical (unpaired) electrons. The molecule has 0 spiro atoms. The van der Waals surface area contributed by atoms with E-state index in [2.05, 4.69) is 12.2 Å². The van der Waals surface area contributed by atoms with Gasteiger partial charge in [-0.05, 0) is 56.9 Å². The van der Waals surface area contributed by atoms with Crippen LogP contribution in [0.1, 0.15) is 49.9 Å². The number of halogens is 1. The van der Waals surface area contributed by atoms with E-state index in [1.165, 1.54) is 0 Å². The molecule has 0 saturated heterocycles. The third kappa shape index (κ3) is 6.44. The highest BCUT2D eigenvalue weighted by Gasteiger charge is 2.25. The molecule has 1 atom stereocenters. The predicted molar refractivity (Wildman–Crippen MR) is 113 cm³/mol. The summed E-state index contributed by atoms with van der Waals surface area (Å²) in [6, 6.07) is 15.8. The van der Waals surface area contributed by atoms with Gasteiger partial charge in [-0.15, -0.1) is 0 Å². The Balaban J connectivity index is 2.19. The van der Waals surface area contributed by atoms with Crippen molar-refractivity contribution in [1.29, 1.82) is 0 Å². The van der Waals surface area contributed by atoms with Crippen LogP contribution in [0.25, 0.3) is 6.08 Å². The Morgan fingerprint density at radius 3 is 2.44 bits per heavy atom. The molecule has 2 aromatic carbocycles. The Bertz CT molecular complexity index is 794. The molecule has 144 valence electrons. The van der Waals surface area contributed by atoms with Gasteiger partial charge < -0.3 is 9.64 Å². The summed E-state index contributed by atoms with van der Waals surface area (Å²) >= 11 is 6.09. The molecule has 0 fully saturated rings. The fourth-order valence-corrected chi connectivity index (χ4v) is 2.88. The number of carbonyl (C=O) groups is 1. The summed E-state index contributed by atoms with van der Waals surface area (Å²) in [6.45, 7) is 7.61. The number of ether oxygens (including phenoxy) is 1. The van der Waals surface area contributed by atoms with E-state index in [9.17, 15) is 4.79 Å². The van der Waals surface area contributed by atoms with Crippen molar-refractivity contribution in [3.8, 4) is 0 Å². The van der Waals surface area contributed by atoms with Crippen LogP contribution in [0.3, 0.4) is 0 Å². The standard InChI is InChI=1S/C23H28ClNO2/c1-17-16-18(14-15-20(17)24)10-9-13-21(19-11-7-6-8-12-19)25(5)22(26)27-23(2,3)4/h6-12,14-16,21H,13H2,1-5H3/b10-9+/t21-/m0/s1. The minimum absolute atomic E-state index is 0.106. The zero-order valence-corrected chi connectivity index (χ0v) is 17.5. The second-order valence-electron chi connectivity index (χ2n) is 7.66. The molecule has 0 aliphatic carbocycles. The number of hydrogen-bond donors (Lipinski definition) is 0. The van der Waals surface area contributed by atoms with Gasteiger partial charge in [-0.25, -0.2) is 4.79 Å². The molecule has 0 unspecified atom stereocenters. The first kappa shape index (κ1) is 21.0. The second kappa shape index (κ2) is 9.09. The van der Waals surface area contributed by atoms with Crippen LogP contribution in [-0.2, 0) is 4.74 Å². The van der Waals surface area contributed by atoms with Crippen LogP contribution in [0, 0.1) is 6.92 Å². The molecule has 0 aliphatic heterocycles. The van der Waals surface area contributed by atoms with Gasteiger partial charge in [0, 0.05) is 12.1 Å². The van der Waals surface area contributed by atoms with E-state index in [-0.39, 0.29) is 12.1 Å². The Morgan fingerprint density at radius 1 is 1.19 bits per heavy atom. The molecule has 0 aliphatic rings. The highest BCUT2D eigenvalue weighted by Crippen LogP contribution is 2.26. The molecule has 0 heterocycles. The molecule has 3 nitrogen and oxygen atoms in total. The summed E-state index contributed by atoms with van der Waals surface area (Å²) in [5.74, 6) is 0.